The quantitative estimate of drug-likeness (QED) is 0.587. The van der Waals surface area contributed by atoms with Crippen molar-refractivity contribution in [2.24, 2.45) is 0 Å². The number of carbonyl (C=O) groups is 2. The van der Waals surface area contributed by atoms with Gasteiger partial charge >= 0.3 is 5.92 Å². The molecule has 0 bridgehead atoms. The summed E-state index contributed by atoms with van der Waals surface area (Å²) in [5.74, 6) is -5.00. The minimum absolute atomic E-state index is 0.0628. The van der Waals surface area contributed by atoms with Gasteiger partial charge in [0, 0.05) is 25.2 Å². The molecule has 0 aliphatic carbocycles. The average molecular weight is 461 g/mol. The summed E-state index contributed by atoms with van der Waals surface area (Å²) in [5.41, 5.74) is 1.37. The lowest BCUT2D eigenvalue weighted by atomic mass is 10.1. The molecule has 10 heteroatoms. The summed E-state index contributed by atoms with van der Waals surface area (Å²) in [7, 11) is 0. The van der Waals surface area contributed by atoms with Gasteiger partial charge in [0.25, 0.3) is 11.8 Å². The lowest BCUT2D eigenvalue weighted by molar-refractivity contribution is -0.146. The van der Waals surface area contributed by atoms with Gasteiger partial charge in [0.2, 0.25) is 5.89 Å². The van der Waals surface area contributed by atoms with Crippen molar-refractivity contribution in [3.63, 3.8) is 0 Å². The molecule has 0 saturated carbocycles. The third kappa shape index (κ3) is 4.71. The van der Waals surface area contributed by atoms with E-state index in [1.54, 1.807) is 29.2 Å². The van der Waals surface area contributed by atoms with Crippen molar-refractivity contribution >= 4 is 23.2 Å². The van der Waals surface area contributed by atoms with Crippen molar-refractivity contribution in [2.75, 3.05) is 13.1 Å². The van der Waals surface area contributed by atoms with Gasteiger partial charge in [0.1, 0.15) is 6.26 Å². The van der Waals surface area contributed by atoms with Crippen LogP contribution in [0, 0.1) is 0 Å². The number of amides is 2. The van der Waals surface area contributed by atoms with Gasteiger partial charge in [-0.1, -0.05) is 18.2 Å². The molecule has 1 aliphatic rings. The maximum absolute atomic E-state index is 14.1. The Labute approximate surface area is 186 Å². The van der Waals surface area contributed by atoms with Crippen LogP contribution in [0.5, 0.6) is 0 Å². The predicted molar refractivity (Wildman–Crippen MR) is 113 cm³/mol. The molecule has 2 aromatic heterocycles. The number of rotatable bonds is 6. The summed E-state index contributed by atoms with van der Waals surface area (Å²) >= 11 is 0.825. The van der Waals surface area contributed by atoms with Crippen LogP contribution in [0.2, 0.25) is 0 Å². The van der Waals surface area contributed by atoms with Gasteiger partial charge in [-0.15, -0.1) is 11.3 Å². The number of β-amino-alcohol motifs (C(OH)–C–C–N with tert-alkyl or cyclic N) is 1. The number of aliphatic hydroxyl groups excluding tert-OH is 1. The first kappa shape index (κ1) is 22.1. The Bertz CT molecular complexity index is 1080. The summed E-state index contributed by atoms with van der Waals surface area (Å²) in [4.78, 5) is 29.9. The Kier molecular flexibility index (Phi) is 6.33. The number of halogens is 2. The molecule has 7 nitrogen and oxygen atoms in total. The van der Waals surface area contributed by atoms with E-state index in [9.17, 15) is 23.5 Å². The standard InChI is InChI=1S/C22H21F2N3O4S/c23-22(24,18-4-2-10-32-18)21(30)25-11-14-5-7-15(8-6-14)19-26-17(13-31-19)20(29)27-9-1-3-16(28)12-27/h2,4-8,10,13,16,28H,1,3,9,11-12H2,(H,25,30). The van der Waals surface area contributed by atoms with E-state index < -0.39 is 17.9 Å². The van der Waals surface area contributed by atoms with E-state index in [-0.39, 0.29) is 35.5 Å². The number of benzene rings is 1. The fraction of sp³-hybridized carbons (Fsp3) is 0.318. The van der Waals surface area contributed by atoms with Gasteiger partial charge in [0.15, 0.2) is 5.69 Å². The number of nitrogens with one attached hydrogen (secondary N) is 1. The molecule has 1 atom stereocenters. The van der Waals surface area contributed by atoms with E-state index in [4.69, 9.17) is 4.42 Å². The van der Waals surface area contributed by atoms with Crippen molar-refractivity contribution in [3.8, 4) is 11.5 Å². The first-order valence-electron chi connectivity index (χ1n) is 10.1. The fourth-order valence-electron chi connectivity index (χ4n) is 3.43. The van der Waals surface area contributed by atoms with Crippen molar-refractivity contribution < 1.29 is 27.9 Å². The minimum atomic E-state index is -3.58. The van der Waals surface area contributed by atoms with Gasteiger partial charge in [-0.2, -0.15) is 8.78 Å². The summed E-state index contributed by atoms with van der Waals surface area (Å²) in [6, 6.07) is 9.35. The van der Waals surface area contributed by atoms with Crippen LogP contribution in [0.1, 0.15) is 33.8 Å². The van der Waals surface area contributed by atoms with Crippen LogP contribution in [-0.4, -0.2) is 46.0 Å². The Morgan fingerprint density at radius 2 is 2.06 bits per heavy atom. The van der Waals surface area contributed by atoms with E-state index >= 15 is 0 Å². The van der Waals surface area contributed by atoms with Gasteiger partial charge in [-0.25, -0.2) is 4.98 Å². The maximum atomic E-state index is 14.1. The first-order chi connectivity index (χ1) is 15.3. The lowest BCUT2D eigenvalue weighted by Gasteiger charge is -2.29. The Morgan fingerprint density at radius 3 is 2.75 bits per heavy atom. The zero-order valence-corrected chi connectivity index (χ0v) is 17.8. The molecule has 1 fully saturated rings. The second-order valence-corrected chi connectivity index (χ2v) is 8.46. The molecular formula is C22H21F2N3O4S. The topological polar surface area (TPSA) is 95.7 Å². The Morgan fingerprint density at radius 1 is 1.28 bits per heavy atom. The van der Waals surface area contributed by atoms with Crippen LogP contribution in [0.25, 0.3) is 11.5 Å². The third-order valence-electron chi connectivity index (χ3n) is 5.18. The highest BCUT2D eigenvalue weighted by atomic mass is 32.1. The second-order valence-electron chi connectivity index (χ2n) is 7.52. The number of carbonyl (C=O) groups excluding carboxylic acids is 2. The molecule has 0 radical (unpaired) electrons. The highest BCUT2D eigenvalue weighted by Gasteiger charge is 2.41. The first-order valence-corrected chi connectivity index (χ1v) is 10.9. The number of nitrogens with zero attached hydrogens (tertiary/aromatic N) is 2. The Balaban J connectivity index is 1.37. The van der Waals surface area contributed by atoms with Crippen LogP contribution >= 0.6 is 11.3 Å². The van der Waals surface area contributed by atoms with Crippen molar-refractivity contribution in [2.45, 2.75) is 31.4 Å². The highest BCUT2D eigenvalue weighted by Crippen LogP contribution is 2.31. The number of thiophene rings is 1. The summed E-state index contributed by atoms with van der Waals surface area (Å²) in [5, 5.41) is 13.5. The van der Waals surface area contributed by atoms with E-state index in [2.05, 4.69) is 10.3 Å². The fourth-order valence-corrected chi connectivity index (χ4v) is 4.13. The molecule has 168 valence electrons. The number of aliphatic hydroxyl groups is 1. The SMILES string of the molecule is O=C(c1coc(-c2ccc(CNC(=O)C(F)(F)c3cccs3)cc2)n1)N1CCCC(O)C1. The number of hydrogen-bond acceptors (Lipinski definition) is 6. The van der Waals surface area contributed by atoms with Crippen LogP contribution in [0.4, 0.5) is 8.78 Å². The van der Waals surface area contributed by atoms with Crippen LogP contribution in [0.15, 0.2) is 52.5 Å². The zero-order valence-electron chi connectivity index (χ0n) is 17.0. The van der Waals surface area contributed by atoms with E-state index in [0.717, 1.165) is 17.8 Å². The minimum Gasteiger partial charge on any atom is -0.444 e. The number of oxazole rings is 1. The molecule has 3 heterocycles. The van der Waals surface area contributed by atoms with Crippen molar-refractivity contribution in [1.82, 2.24) is 15.2 Å². The number of piperidine rings is 1. The average Bonchev–Trinajstić information content (AvgIpc) is 3.50. The van der Waals surface area contributed by atoms with Crippen molar-refractivity contribution in [3.05, 3.63) is 64.2 Å². The number of alkyl halides is 2. The molecule has 32 heavy (non-hydrogen) atoms. The van der Waals surface area contributed by atoms with Crippen LogP contribution in [-0.2, 0) is 17.3 Å². The molecular weight excluding hydrogens is 440 g/mol. The monoisotopic (exact) mass is 461 g/mol. The molecule has 1 aliphatic heterocycles. The zero-order chi connectivity index (χ0) is 22.7. The van der Waals surface area contributed by atoms with Crippen LogP contribution in [0.3, 0.4) is 0 Å². The van der Waals surface area contributed by atoms with E-state index in [1.165, 1.54) is 23.8 Å². The number of aromatic nitrogens is 1. The van der Waals surface area contributed by atoms with Crippen LogP contribution < -0.4 is 5.32 Å². The largest absolute Gasteiger partial charge is 0.444 e. The maximum Gasteiger partial charge on any atom is 0.358 e. The molecule has 4 rings (SSSR count). The van der Waals surface area contributed by atoms with Gasteiger partial charge in [-0.3, -0.25) is 9.59 Å². The van der Waals surface area contributed by atoms with Crippen molar-refractivity contribution in [1.29, 1.82) is 0 Å². The summed E-state index contributed by atoms with van der Waals surface area (Å²) in [6.45, 7) is 0.768. The van der Waals surface area contributed by atoms with E-state index in [1.807, 2.05) is 0 Å². The summed E-state index contributed by atoms with van der Waals surface area (Å²) in [6.07, 6.45) is 2.15. The molecule has 1 aromatic carbocycles. The Hall–Kier alpha value is -3.11. The molecule has 3 aromatic rings. The van der Waals surface area contributed by atoms with Gasteiger partial charge in [-0.05, 0) is 42.0 Å². The van der Waals surface area contributed by atoms with Gasteiger partial charge < -0.3 is 19.7 Å². The molecule has 2 N–H and O–H groups in total. The number of likely N-dealkylation sites (tertiary alicyclic amines) is 1. The molecule has 1 saturated heterocycles. The molecule has 1 unspecified atom stereocenters. The predicted octanol–water partition coefficient (Wildman–Crippen LogP) is 3.41. The smallest absolute Gasteiger partial charge is 0.358 e. The third-order valence-corrected chi connectivity index (χ3v) is 6.12. The lowest BCUT2D eigenvalue weighted by Crippen LogP contribution is -2.42. The van der Waals surface area contributed by atoms with Gasteiger partial charge in [0.05, 0.1) is 11.0 Å². The number of hydrogen-bond donors (Lipinski definition) is 2. The molecule has 0 spiro atoms. The van der Waals surface area contributed by atoms with E-state index in [0.29, 0.717) is 24.1 Å². The second kappa shape index (κ2) is 9.17. The normalized spacial score (nSPS) is 16.7. The summed E-state index contributed by atoms with van der Waals surface area (Å²) < 4.78 is 33.7. The molecule has 2 amide bonds. The highest BCUT2D eigenvalue weighted by molar-refractivity contribution is 7.10.